The Morgan fingerprint density at radius 3 is 1.67 bits per heavy atom. The molecule has 1 N–H and O–H groups in total. The van der Waals surface area contributed by atoms with Crippen molar-refractivity contribution in [3.05, 3.63) is 119 Å². The van der Waals surface area contributed by atoms with Gasteiger partial charge in [-0.1, -0.05) is 66.7 Å². The maximum Gasteiger partial charge on any atom is 0.238 e. The fourth-order valence-corrected chi connectivity index (χ4v) is 7.13. The number of ether oxygens (including phenoxy) is 1. The van der Waals surface area contributed by atoms with Crippen LogP contribution in [0.4, 0.5) is 11.4 Å². The molecule has 1 heterocycles. The van der Waals surface area contributed by atoms with Gasteiger partial charge in [0.15, 0.2) is 5.75 Å². The van der Waals surface area contributed by atoms with Crippen LogP contribution in [0.1, 0.15) is 34.1 Å². The molecule has 0 unspecified atom stereocenters. The number of para-hydroxylation sites is 1. The topological polar surface area (TPSA) is 92.8 Å². The van der Waals surface area contributed by atoms with Crippen LogP contribution >= 0.6 is 0 Å². The summed E-state index contributed by atoms with van der Waals surface area (Å²) in [6.45, 7) is 0. The van der Waals surface area contributed by atoms with E-state index in [1.165, 1.54) is 11.0 Å². The van der Waals surface area contributed by atoms with E-state index in [1.807, 2.05) is 30.3 Å². The van der Waals surface area contributed by atoms with Crippen molar-refractivity contribution in [2.75, 3.05) is 15.9 Å². The average molecular weight is 537 g/mol. The lowest BCUT2D eigenvalue weighted by Gasteiger charge is -2.45. The molecule has 2 amide bonds. The van der Waals surface area contributed by atoms with Gasteiger partial charge in [-0.15, -0.1) is 0 Å². The molecule has 4 aliphatic rings. The van der Waals surface area contributed by atoms with E-state index in [-0.39, 0.29) is 35.1 Å². The summed E-state index contributed by atoms with van der Waals surface area (Å²) in [5, 5.41) is 0. The zero-order chi connectivity index (χ0) is 26.9. The van der Waals surface area contributed by atoms with Gasteiger partial charge in [0.2, 0.25) is 21.8 Å². The van der Waals surface area contributed by atoms with Gasteiger partial charge in [-0.05, 0) is 46.5 Å². The number of amides is 2. The summed E-state index contributed by atoms with van der Waals surface area (Å²) >= 11 is 0. The minimum Gasteiger partial charge on any atom is -0.455 e. The molecule has 39 heavy (non-hydrogen) atoms. The first kappa shape index (κ1) is 23.7. The minimum absolute atomic E-state index is 0.189. The second-order valence-electron chi connectivity index (χ2n) is 10.2. The first-order valence-corrected chi connectivity index (χ1v) is 14.6. The number of sulfonamides is 1. The van der Waals surface area contributed by atoms with Crippen LogP contribution in [0.25, 0.3) is 0 Å². The van der Waals surface area contributed by atoms with Crippen molar-refractivity contribution in [2.24, 2.45) is 11.8 Å². The van der Waals surface area contributed by atoms with Gasteiger partial charge >= 0.3 is 0 Å². The molecule has 2 bridgehead atoms. The molecule has 3 aliphatic carbocycles. The Morgan fingerprint density at radius 1 is 0.692 bits per heavy atom. The highest BCUT2D eigenvalue weighted by Gasteiger charge is 2.61. The SMILES string of the molecule is CS(=O)(=O)Nc1ccc(N2C(=O)[C@@H]3C4c5ccccc5C(c5ccccc54)[C@@H]3C2=O)cc1Oc1ccccc1. The maximum atomic E-state index is 14.1. The summed E-state index contributed by atoms with van der Waals surface area (Å²) in [5.41, 5.74) is 4.97. The Balaban J connectivity index is 1.33. The standard InChI is InChI=1S/C31H24N2O5S/c1-39(36,37)32-24-16-15-18(17-25(24)38-19-9-3-2-4-10-19)33-30(34)28-26-20-11-5-6-12-21(20)27(29(28)31(33)35)23-14-8-7-13-22(23)26/h2-17,26-29,32H,1H3/t26?,27?,28-,29+. The summed E-state index contributed by atoms with van der Waals surface area (Å²) in [5.74, 6) is -1.27. The average Bonchev–Trinajstić information content (AvgIpc) is 3.20. The molecule has 0 aromatic heterocycles. The number of nitrogens with zero attached hydrogens (tertiary/aromatic N) is 1. The third-order valence-electron chi connectivity index (χ3n) is 7.94. The molecular weight excluding hydrogens is 512 g/mol. The molecule has 8 heteroatoms. The minimum atomic E-state index is -3.61. The van der Waals surface area contributed by atoms with E-state index in [0.29, 0.717) is 11.4 Å². The van der Waals surface area contributed by atoms with Crippen molar-refractivity contribution < 1.29 is 22.7 Å². The lowest BCUT2D eigenvalue weighted by molar-refractivity contribution is -0.122. The number of hydrogen-bond donors (Lipinski definition) is 1. The van der Waals surface area contributed by atoms with Gasteiger partial charge in [0.25, 0.3) is 0 Å². The first-order chi connectivity index (χ1) is 18.8. The molecule has 8 rings (SSSR count). The van der Waals surface area contributed by atoms with Crippen LogP contribution in [-0.4, -0.2) is 26.5 Å². The number of nitrogens with one attached hydrogen (secondary N) is 1. The van der Waals surface area contributed by atoms with Crippen LogP contribution in [0, 0.1) is 11.8 Å². The lowest BCUT2D eigenvalue weighted by atomic mass is 9.55. The monoisotopic (exact) mass is 536 g/mol. The van der Waals surface area contributed by atoms with Gasteiger partial charge in [0.05, 0.1) is 29.5 Å². The molecule has 2 atom stereocenters. The molecule has 4 aromatic carbocycles. The van der Waals surface area contributed by atoms with Crippen LogP contribution in [0.5, 0.6) is 11.5 Å². The van der Waals surface area contributed by atoms with Gasteiger partial charge in [-0.3, -0.25) is 14.3 Å². The molecule has 7 nitrogen and oxygen atoms in total. The molecule has 0 saturated carbocycles. The quantitative estimate of drug-likeness (QED) is 0.352. The van der Waals surface area contributed by atoms with E-state index in [1.54, 1.807) is 36.4 Å². The summed E-state index contributed by atoms with van der Waals surface area (Å²) in [6.07, 6.45) is 1.05. The molecule has 194 valence electrons. The summed E-state index contributed by atoms with van der Waals surface area (Å²) in [7, 11) is -3.61. The van der Waals surface area contributed by atoms with Crippen molar-refractivity contribution in [3.63, 3.8) is 0 Å². The molecule has 1 aliphatic heterocycles. The Hall–Kier alpha value is -4.43. The smallest absolute Gasteiger partial charge is 0.238 e. The molecular formula is C31H24N2O5S. The largest absolute Gasteiger partial charge is 0.455 e. The summed E-state index contributed by atoms with van der Waals surface area (Å²) in [4.78, 5) is 29.5. The number of carbonyl (C=O) groups excluding carboxylic acids is 2. The van der Waals surface area contributed by atoms with Gasteiger partial charge < -0.3 is 4.74 Å². The fourth-order valence-electron chi connectivity index (χ4n) is 6.57. The highest BCUT2D eigenvalue weighted by molar-refractivity contribution is 7.92. The molecule has 4 aromatic rings. The van der Waals surface area contributed by atoms with Gasteiger partial charge in [0, 0.05) is 17.9 Å². The first-order valence-electron chi connectivity index (χ1n) is 12.7. The van der Waals surface area contributed by atoms with Crippen LogP contribution in [0.2, 0.25) is 0 Å². The van der Waals surface area contributed by atoms with Gasteiger partial charge in [0.1, 0.15) is 5.75 Å². The third kappa shape index (κ3) is 3.66. The van der Waals surface area contributed by atoms with Crippen molar-refractivity contribution in [3.8, 4) is 11.5 Å². The van der Waals surface area contributed by atoms with Crippen LogP contribution < -0.4 is 14.4 Å². The zero-order valence-corrected chi connectivity index (χ0v) is 21.8. The molecule has 0 spiro atoms. The number of carbonyl (C=O) groups is 2. The normalized spacial score (nSPS) is 22.7. The highest BCUT2D eigenvalue weighted by Crippen LogP contribution is 2.61. The second kappa shape index (κ2) is 8.54. The zero-order valence-electron chi connectivity index (χ0n) is 20.9. The maximum absolute atomic E-state index is 14.1. The Bertz CT molecular complexity index is 1650. The lowest BCUT2D eigenvalue weighted by Crippen LogP contribution is -2.41. The van der Waals surface area contributed by atoms with Gasteiger partial charge in [-0.25, -0.2) is 13.3 Å². The molecule has 1 saturated heterocycles. The van der Waals surface area contributed by atoms with E-state index in [9.17, 15) is 18.0 Å². The van der Waals surface area contributed by atoms with Crippen LogP contribution in [0.3, 0.4) is 0 Å². The van der Waals surface area contributed by atoms with E-state index in [0.717, 1.165) is 28.5 Å². The van der Waals surface area contributed by atoms with Crippen LogP contribution in [-0.2, 0) is 19.6 Å². The van der Waals surface area contributed by atoms with Crippen molar-refractivity contribution in [1.82, 2.24) is 0 Å². The number of anilines is 2. The Labute approximate surface area is 226 Å². The number of imide groups is 1. The number of hydrogen-bond acceptors (Lipinski definition) is 5. The fraction of sp³-hybridized carbons (Fsp3) is 0.161. The van der Waals surface area contributed by atoms with Gasteiger partial charge in [-0.2, -0.15) is 0 Å². The number of benzene rings is 4. The van der Waals surface area contributed by atoms with E-state index in [2.05, 4.69) is 29.0 Å². The Kier molecular flexibility index (Phi) is 5.18. The van der Waals surface area contributed by atoms with Crippen molar-refractivity contribution in [2.45, 2.75) is 11.8 Å². The van der Waals surface area contributed by atoms with E-state index >= 15 is 0 Å². The van der Waals surface area contributed by atoms with E-state index in [4.69, 9.17) is 4.74 Å². The third-order valence-corrected chi connectivity index (χ3v) is 8.53. The molecule has 0 radical (unpaired) electrons. The molecule has 1 fully saturated rings. The van der Waals surface area contributed by atoms with Crippen LogP contribution in [0.15, 0.2) is 97.1 Å². The summed E-state index contributed by atoms with van der Waals surface area (Å²) in [6, 6.07) is 29.8. The van der Waals surface area contributed by atoms with Crippen molar-refractivity contribution >= 4 is 33.2 Å². The highest BCUT2D eigenvalue weighted by atomic mass is 32.2. The predicted molar refractivity (Wildman–Crippen MR) is 147 cm³/mol. The predicted octanol–water partition coefficient (Wildman–Crippen LogP) is 5.25. The van der Waals surface area contributed by atoms with Crippen molar-refractivity contribution in [1.29, 1.82) is 0 Å². The number of rotatable bonds is 5. The summed E-state index contributed by atoms with van der Waals surface area (Å²) < 4.78 is 32.6. The Morgan fingerprint density at radius 2 is 1.18 bits per heavy atom. The van der Waals surface area contributed by atoms with E-state index < -0.39 is 21.9 Å². The second-order valence-corrected chi connectivity index (χ2v) is 12.0.